The molecule has 13 heteroatoms. The number of anilines is 2. The molecule has 0 aliphatic heterocycles. The Balaban J connectivity index is 2.56. The Morgan fingerprint density at radius 3 is 1.93 bits per heavy atom. The maximum atomic E-state index is 14.7. The van der Waals surface area contributed by atoms with Gasteiger partial charge in [-0.2, -0.15) is 41.3 Å². The standard InChI is InChI=1S/C15H18F7N5O/c1-6(14(17,18)19)23-12-25-11(8-4-3-5-9(28)10(8)16)26-13(27-12)24-7(2)15(20,21)22/h6-7,9,28H,3-5H2,1-2H3,(H2,23,24,25,26,27)/t6-,7-,9-/m1/s1/i5D2,9D. The molecule has 0 bridgehead atoms. The van der Waals surface area contributed by atoms with Crippen LogP contribution in [0.5, 0.6) is 0 Å². The molecule has 0 radical (unpaired) electrons. The van der Waals surface area contributed by atoms with Gasteiger partial charge in [0.05, 0.1) is 1.37 Å². The maximum Gasteiger partial charge on any atom is 0.408 e. The fourth-order valence-electron chi connectivity index (χ4n) is 2.04. The molecule has 0 amide bonds. The van der Waals surface area contributed by atoms with Crippen LogP contribution in [0.2, 0.25) is 0 Å². The van der Waals surface area contributed by atoms with E-state index in [4.69, 9.17) is 4.11 Å². The third-order valence-electron chi connectivity index (χ3n) is 3.72. The van der Waals surface area contributed by atoms with Crippen LogP contribution in [0.1, 0.15) is 43.0 Å². The Hall–Kier alpha value is -2.18. The molecule has 0 fully saturated rings. The molecule has 6 nitrogen and oxygen atoms in total. The number of nitrogens with zero attached hydrogens (tertiary/aromatic N) is 3. The van der Waals surface area contributed by atoms with Gasteiger partial charge in [-0.15, -0.1) is 0 Å². The quantitative estimate of drug-likeness (QED) is 0.629. The van der Waals surface area contributed by atoms with Crippen molar-refractivity contribution in [2.75, 3.05) is 10.6 Å². The van der Waals surface area contributed by atoms with Crippen molar-refractivity contribution in [3.63, 3.8) is 0 Å². The highest BCUT2D eigenvalue weighted by molar-refractivity contribution is 5.65. The van der Waals surface area contributed by atoms with Gasteiger partial charge < -0.3 is 15.7 Å². The summed E-state index contributed by atoms with van der Waals surface area (Å²) in [6.07, 6.45) is -16.7. The molecule has 0 saturated carbocycles. The first kappa shape index (κ1) is 17.9. The Morgan fingerprint density at radius 2 is 1.50 bits per heavy atom. The number of rotatable bonds is 5. The van der Waals surface area contributed by atoms with Gasteiger partial charge >= 0.3 is 12.4 Å². The molecule has 0 aromatic carbocycles. The van der Waals surface area contributed by atoms with Crippen LogP contribution in [-0.2, 0) is 0 Å². The van der Waals surface area contributed by atoms with Crippen molar-refractivity contribution < 1.29 is 40.0 Å². The maximum absolute atomic E-state index is 14.7. The molecule has 3 atom stereocenters. The fraction of sp³-hybridized carbons (Fsp3) is 0.667. The first-order chi connectivity index (χ1) is 13.9. The fourth-order valence-corrected chi connectivity index (χ4v) is 2.04. The van der Waals surface area contributed by atoms with Crippen LogP contribution in [-0.4, -0.2) is 50.6 Å². The zero-order valence-corrected chi connectivity index (χ0v) is 14.5. The zero-order chi connectivity index (χ0) is 24.0. The van der Waals surface area contributed by atoms with E-state index in [0.717, 1.165) is 0 Å². The summed E-state index contributed by atoms with van der Waals surface area (Å²) in [7, 11) is 0. The Bertz CT molecular complexity index is 820. The van der Waals surface area contributed by atoms with Crippen LogP contribution in [0.3, 0.4) is 0 Å². The van der Waals surface area contributed by atoms with Crippen molar-refractivity contribution in [3.8, 4) is 0 Å². The molecule has 1 aromatic rings. The number of aliphatic hydroxyl groups is 1. The molecule has 3 N–H and O–H groups in total. The van der Waals surface area contributed by atoms with Gasteiger partial charge in [0.1, 0.15) is 24.0 Å². The zero-order valence-electron chi connectivity index (χ0n) is 17.5. The van der Waals surface area contributed by atoms with Gasteiger partial charge in [-0.25, -0.2) is 4.39 Å². The third-order valence-corrected chi connectivity index (χ3v) is 3.72. The van der Waals surface area contributed by atoms with E-state index in [1.54, 1.807) is 0 Å². The molecule has 1 aliphatic rings. The summed E-state index contributed by atoms with van der Waals surface area (Å²) in [6.45, 7) is 1.37. The van der Waals surface area contributed by atoms with Gasteiger partial charge in [0, 0.05) is 8.31 Å². The Labute approximate surface area is 159 Å². The van der Waals surface area contributed by atoms with E-state index in [1.807, 2.05) is 10.6 Å². The molecule has 1 aliphatic carbocycles. The van der Waals surface area contributed by atoms with E-state index < -0.39 is 78.9 Å². The summed E-state index contributed by atoms with van der Waals surface area (Å²) in [4.78, 5) is 10.6. The molecule has 1 aromatic heterocycles. The lowest BCUT2D eigenvalue weighted by molar-refractivity contribution is -0.139. The average molecular weight is 420 g/mol. The Morgan fingerprint density at radius 1 is 1.04 bits per heavy atom. The van der Waals surface area contributed by atoms with Gasteiger partial charge in [0.15, 0.2) is 5.82 Å². The van der Waals surface area contributed by atoms with Crippen molar-refractivity contribution in [1.82, 2.24) is 15.0 Å². The highest BCUT2D eigenvalue weighted by atomic mass is 19.4. The number of hydrogen-bond acceptors (Lipinski definition) is 6. The Kier molecular flexibility index (Phi) is 5.14. The molecule has 1 heterocycles. The number of hydrogen-bond donors (Lipinski definition) is 3. The van der Waals surface area contributed by atoms with Crippen molar-refractivity contribution in [2.45, 2.75) is 63.6 Å². The molecule has 0 spiro atoms. The topological polar surface area (TPSA) is 83.0 Å². The van der Waals surface area contributed by atoms with E-state index in [0.29, 0.717) is 13.8 Å². The minimum absolute atomic E-state index is 0.480. The minimum Gasteiger partial charge on any atom is -0.386 e. The summed E-state index contributed by atoms with van der Waals surface area (Å²) in [5.41, 5.74) is -0.638. The van der Waals surface area contributed by atoms with Gasteiger partial charge in [0.2, 0.25) is 11.9 Å². The van der Waals surface area contributed by atoms with Crippen molar-refractivity contribution in [1.29, 1.82) is 0 Å². The molecule has 28 heavy (non-hydrogen) atoms. The lowest BCUT2D eigenvalue weighted by Crippen LogP contribution is -2.35. The molecular formula is C15H18F7N5O. The smallest absolute Gasteiger partial charge is 0.386 e. The minimum atomic E-state index is -4.77. The van der Waals surface area contributed by atoms with Crippen LogP contribution in [0.4, 0.5) is 42.6 Å². The normalized spacial score (nSPS) is 26.7. The largest absolute Gasteiger partial charge is 0.408 e. The highest BCUT2D eigenvalue weighted by Crippen LogP contribution is 2.33. The van der Waals surface area contributed by atoms with Crippen LogP contribution in [0.25, 0.3) is 5.57 Å². The lowest BCUT2D eigenvalue weighted by Gasteiger charge is -2.22. The third kappa shape index (κ3) is 5.42. The molecule has 2 rings (SSSR count). The number of halogens is 7. The van der Waals surface area contributed by atoms with Crippen molar-refractivity contribution >= 4 is 17.5 Å². The van der Waals surface area contributed by atoms with Gasteiger partial charge in [0.25, 0.3) is 0 Å². The average Bonchev–Trinajstić information content (AvgIpc) is 2.58. The first-order valence-electron chi connectivity index (χ1n) is 9.40. The predicted octanol–water partition coefficient (Wildman–Crippen LogP) is 3.82. The first-order valence-corrected chi connectivity index (χ1v) is 7.90. The van der Waals surface area contributed by atoms with Gasteiger partial charge in [-0.1, -0.05) is 0 Å². The summed E-state index contributed by atoms with van der Waals surface area (Å²) in [6, 6.07) is -4.47. The summed E-state index contributed by atoms with van der Waals surface area (Å²) in [5, 5.41) is 13.6. The SMILES string of the molecule is [2H]C1([2H])CCC(c2nc(N[C@H](C)C(F)(F)F)nc(N[C@H](C)C(F)(F)F)n2)=C(F)[C@]1([2H])O. The van der Waals surface area contributed by atoms with E-state index in [2.05, 4.69) is 15.0 Å². The van der Waals surface area contributed by atoms with Gasteiger partial charge in [-0.3, -0.25) is 0 Å². The van der Waals surface area contributed by atoms with Gasteiger partial charge in [-0.05, 0) is 33.1 Å². The van der Waals surface area contributed by atoms with Crippen LogP contribution in [0.15, 0.2) is 5.83 Å². The van der Waals surface area contributed by atoms with Crippen molar-refractivity contribution in [3.05, 3.63) is 11.7 Å². The van der Waals surface area contributed by atoms with Crippen LogP contribution in [0, 0.1) is 0 Å². The van der Waals surface area contributed by atoms with E-state index in [9.17, 15) is 35.8 Å². The molecule has 0 saturated heterocycles. The van der Waals surface area contributed by atoms with Crippen molar-refractivity contribution in [2.24, 2.45) is 0 Å². The van der Waals surface area contributed by atoms with E-state index >= 15 is 0 Å². The predicted molar refractivity (Wildman–Crippen MR) is 86.0 cm³/mol. The summed E-state index contributed by atoms with van der Waals surface area (Å²) in [5.74, 6) is -4.13. The number of aromatic nitrogens is 3. The second kappa shape index (κ2) is 8.05. The lowest BCUT2D eigenvalue weighted by atomic mass is 9.96. The second-order valence-corrected chi connectivity index (χ2v) is 5.94. The monoisotopic (exact) mass is 420 g/mol. The second-order valence-electron chi connectivity index (χ2n) is 5.94. The van der Waals surface area contributed by atoms with Crippen LogP contribution >= 0.6 is 0 Å². The number of alkyl halides is 6. The molecular weight excluding hydrogens is 399 g/mol. The highest BCUT2D eigenvalue weighted by Gasteiger charge is 2.38. The van der Waals surface area contributed by atoms with E-state index in [1.165, 1.54) is 0 Å². The van der Waals surface area contributed by atoms with E-state index in [-0.39, 0.29) is 0 Å². The number of nitrogens with one attached hydrogen (secondary N) is 2. The number of allylic oxidation sites excluding steroid dienone is 1. The summed E-state index contributed by atoms with van der Waals surface area (Å²) >= 11 is 0. The molecule has 0 unspecified atom stereocenters. The molecule has 158 valence electrons. The van der Waals surface area contributed by atoms with Crippen LogP contribution < -0.4 is 10.6 Å². The summed E-state index contributed by atoms with van der Waals surface area (Å²) < 4.78 is 114.